The predicted octanol–water partition coefficient (Wildman–Crippen LogP) is 3.10. The van der Waals surface area contributed by atoms with Crippen LogP contribution in [0.2, 0.25) is 0 Å². The molecule has 0 unspecified atom stereocenters. The molecule has 0 bridgehead atoms. The van der Waals surface area contributed by atoms with Gasteiger partial charge in [0.25, 0.3) is 0 Å². The summed E-state index contributed by atoms with van der Waals surface area (Å²) in [6.07, 6.45) is 7.90. The van der Waals surface area contributed by atoms with Crippen molar-refractivity contribution in [3.63, 3.8) is 0 Å². The summed E-state index contributed by atoms with van der Waals surface area (Å²) >= 11 is 2.03. The monoisotopic (exact) mass is 156 g/mol. The molecule has 0 aromatic carbocycles. The summed E-state index contributed by atoms with van der Waals surface area (Å²) in [5, 5.41) is 0. The van der Waals surface area contributed by atoms with Crippen molar-refractivity contribution < 1.29 is 0 Å². The van der Waals surface area contributed by atoms with Crippen molar-refractivity contribution in [3.05, 3.63) is 12.7 Å². The fourth-order valence-corrected chi connectivity index (χ4v) is 2.46. The number of hydrogen-bond donors (Lipinski definition) is 0. The minimum Gasteiger partial charge on any atom is -0.158 e. The molecule has 0 saturated heterocycles. The smallest absolute Gasteiger partial charge is 0.0110 e. The van der Waals surface area contributed by atoms with E-state index in [1.165, 1.54) is 31.4 Å². The summed E-state index contributed by atoms with van der Waals surface area (Å²) in [6, 6.07) is 0. The fraction of sp³-hybridized carbons (Fsp3) is 0.778. The van der Waals surface area contributed by atoms with Crippen molar-refractivity contribution >= 4 is 11.8 Å². The van der Waals surface area contributed by atoms with E-state index in [2.05, 4.69) is 6.58 Å². The lowest BCUT2D eigenvalue weighted by atomic mass is 10.1. The van der Waals surface area contributed by atoms with E-state index in [-0.39, 0.29) is 0 Å². The molecule has 1 aliphatic rings. The van der Waals surface area contributed by atoms with Crippen LogP contribution in [0.25, 0.3) is 0 Å². The Labute approximate surface area is 68.1 Å². The zero-order chi connectivity index (χ0) is 7.23. The van der Waals surface area contributed by atoms with Gasteiger partial charge in [0.1, 0.15) is 0 Å². The van der Waals surface area contributed by atoms with Crippen LogP contribution in [0.15, 0.2) is 12.7 Å². The fourth-order valence-electron chi connectivity index (χ4n) is 1.50. The van der Waals surface area contributed by atoms with Crippen LogP contribution in [0, 0.1) is 5.92 Å². The van der Waals surface area contributed by atoms with Gasteiger partial charge in [-0.1, -0.05) is 18.9 Å². The molecule has 0 aromatic rings. The van der Waals surface area contributed by atoms with Crippen LogP contribution in [0.5, 0.6) is 0 Å². The van der Waals surface area contributed by atoms with Crippen LogP contribution >= 0.6 is 11.8 Å². The molecule has 0 spiro atoms. The van der Waals surface area contributed by atoms with Crippen LogP contribution in [-0.4, -0.2) is 11.5 Å². The SMILES string of the molecule is C=CCSCC1CCCC1. The Morgan fingerprint density at radius 2 is 2.10 bits per heavy atom. The van der Waals surface area contributed by atoms with Crippen molar-refractivity contribution in [1.82, 2.24) is 0 Å². The summed E-state index contributed by atoms with van der Waals surface area (Å²) in [5.41, 5.74) is 0. The van der Waals surface area contributed by atoms with E-state index in [1.54, 1.807) is 0 Å². The molecule has 1 saturated carbocycles. The lowest BCUT2D eigenvalue weighted by Gasteiger charge is -2.05. The molecule has 0 aromatic heterocycles. The highest BCUT2D eigenvalue weighted by Gasteiger charge is 2.13. The van der Waals surface area contributed by atoms with Crippen LogP contribution < -0.4 is 0 Å². The molecule has 1 rings (SSSR count). The van der Waals surface area contributed by atoms with Gasteiger partial charge in [0, 0.05) is 5.75 Å². The Morgan fingerprint density at radius 1 is 1.40 bits per heavy atom. The number of thioether (sulfide) groups is 1. The third-order valence-corrected chi connectivity index (χ3v) is 3.24. The molecule has 0 N–H and O–H groups in total. The summed E-state index contributed by atoms with van der Waals surface area (Å²) < 4.78 is 0. The van der Waals surface area contributed by atoms with Gasteiger partial charge in [-0.25, -0.2) is 0 Å². The van der Waals surface area contributed by atoms with Gasteiger partial charge < -0.3 is 0 Å². The molecule has 0 radical (unpaired) electrons. The Hall–Kier alpha value is 0.0900. The van der Waals surface area contributed by atoms with Crippen LogP contribution in [0.1, 0.15) is 25.7 Å². The first-order chi connectivity index (χ1) is 4.93. The van der Waals surface area contributed by atoms with Gasteiger partial charge in [-0.3, -0.25) is 0 Å². The Bertz CT molecular complexity index is 92.9. The van der Waals surface area contributed by atoms with Crippen molar-refractivity contribution in [3.8, 4) is 0 Å². The molecule has 1 aliphatic carbocycles. The van der Waals surface area contributed by atoms with Crippen LogP contribution in [0.4, 0.5) is 0 Å². The Balaban J connectivity index is 1.96. The van der Waals surface area contributed by atoms with E-state index in [0.29, 0.717) is 0 Å². The summed E-state index contributed by atoms with van der Waals surface area (Å²) in [5.74, 6) is 3.53. The van der Waals surface area contributed by atoms with Crippen molar-refractivity contribution in [2.45, 2.75) is 25.7 Å². The first-order valence-corrected chi connectivity index (χ1v) is 5.27. The molecular formula is C9H16S. The first kappa shape index (κ1) is 8.19. The highest BCUT2D eigenvalue weighted by Crippen LogP contribution is 2.27. The maximum absolute atomic E-state index is 3.70. The van der Waals surface area contributed by atoms with Crippen molar-refractivity contribution in [1.29, 1.82) is 0 Å². The molecule has 58 valence electrons. The number of rotatable bonds is 4. The topological polar surface area (TPSA) is 0 Å². The van der Waals surface area contributed by atoms with E-state index in [0.717, 1.165) is 11.7 Å². The maximum Gasteiger partial charge on any atom is 0.0110 e. The van der Waals surface area contributed by atoms with Crippen LogP contribution in [-0.2, 0) is 0 Å². The lowest BCUT2D eigenvalue weighted by Crippen LogP contribution is -1.96. The van der Waals surface area contributed by atoms with E-state index < -0.39 is 0 Å². The Kier molecular flexibility index (Phi) is 3.96. The van der Waals surface area contributed by atoms with Gasteiger partial charge >= 0.3 is 0 Å². The molecule has 0 amide bonds. The van der Waals surface area contributed by atoms with Gasteiger partial charge in [0.15, 0.2) is 0 Å². The van der Waals surface area contributed by atoms with E-state index >= 15 is 0 Å². The van der Waals surface area contributed by atoms with Crippen LogP contribution in [0.3, 0.4) is 0 Å². The highest BCUT2D eigenvalue weighted by atomic mass is 32.2. The van der Waals surface area contributed by atoms with Gasteiger partial charge in [-0.05, 0) is 24.5 Å². The molecule has 1 fully saturated rings. The Morgan fingerprint density at radius 3 is 2.70 bits per heavy atom. The van der Waals surface area contributed by atoms with Gasteiger partial charge in [-0.15, -0.1) is 6.58 Å². The van der Waals surface area contributed by atoms with Crippen molar-refractivity contribution in [2.75, 3.05) is 11.5 Å². The second-order valence-electron chi connectivity index (χ2n) is 2.98. The van der Waals surface area contributed by atoms with E-state index in [1.807, 2.05) is 17.8 Å². The van der Waals surface area contributed by atoms with E-state index in [4.69, 9.17) is 0 Å². The third-order valence-electron chi connectivity index (χ3n) is 2.06. The molecule has 0 aliphatic heterocycles. The molecule has 1 heteroatoms. The molecular weight excluding hydrogens is 140 g/mol. The highest BCUT2D eigenvalue weighted by molar-refractivity contribution is 7.99. The molecule has 0 nitrogen and oxygen atoms in total. The second kappa shape index (κ2) is 4.84. The van der Waals surface area contributed by atoms with E-state index in [9.17, 15) is 0 Å². The molecule has 0 atom stereocenters. The average molecular weight is 156 g/mol. The zero-order valence-corrected chi connectivity index (χ0v) is 7.33. The van der Waals surface area contributed by atoms with Gasteiger partial charge in [-0.2, -0.15) is 11.8 Å². The summed E-state index contributed by atoms with van der Waals surface area (Å²) in [7, 11) is 0. The standard InChI is InChI=1S/C9H16S/c1-2-7-10-8-9-5-3-4-6-9/h2,9H,1,3-8H2. The zero-order valence-electron chi connectivity index (χ0n) is 6.51. The summed E-state index contributed by atoms with van der Waals surface area (Å²) in [6.45, 7) is 3.70. The average Bonchev–Trinajstić information content (AvgIpc) is 2.41. The largest absolute Gasteiger partial charge is 0.158 e. The maximum atomic E-state index is 3.70. The second-order valence-corrected chi connectivity index (χ2v) is 4.05. The predicted molar refractivity (Wildman–Crippen MR) is 49.5 cm³/mol. The minimum atomic E-state index is 1.03. The normalized spacial score (nSPS) is 19.6. The molecule has 10 heavy (non-hydrogen) atoms. The minimum absolute atomic E-state index is 1.03. The molecule has 0 heterocycles. The number of hydrogen-bond acceptors (Lipinski definition) is 1. The lowest BCUT2D eigenvalue weighted by molar-refractivity contribution is 0.623. The van der Waals surface area contributed by atoms with Crippen molar-refractivity contribution in [2.24, 2.45) is 5.92 Å². The summed E-state index contributed by atoms with van der Waals surface area (Å²) in [4.78, 5) is 0. The quantitative estimate of drug-likeness (QED) is 0.445. The first-order valence-electron chi connectivity index (χ1n) is 4.12. The van der Waals surface area contributed by atoms with Gasteiger partial charge in [0.2, 0.25) is 0 Å². The van der Waals surface area contributed by atoms with Gasteiger partial charge in [0.05, 0.1) is 0 Å². The third kappa shape index (κ3) is 2.78.